The van der Waals surface area contributed by atoms with Crippen LogP contribution in [0.3, 0.4) is 0 Å². The minimum absolute atomic E-state index is 0.415. The summed E-state index contributed by atoms with van der Waals surface area (Å²) in [6.45, 7) is 4.57. The minimum Gasteiger partial charge on any atom is -0.381 e. The van der Waals surface area contributed by atoms with Crippen LogP contribution in [0.4, 0.5) is 0 Å². The zero-order valence-corrected chi connectivity index (χ0v) is 12.6. The third kappa shape index (κ3) is 3.13. The summed E-state index contributed by atoms with van der Waals surface area (Å²) in [4.78, 5) is 9.12. The summed E-state index contributed by atoms with van der Waals surface area (Å²) in [5.74, 6) is 2.13. The summed E-state index contributed by atoms with van der Waals surface area (Å²) in [6.07, 6.45) is 3.65. The SMILES string of the molecule is Cc1ccc2nc(CCl)n(CCCOCC3CC3)c2n1. The van der Waals surface area contributed by atoms with Crippen LogP contribution in [0.25, 0.3) is 11.2 Å². The summed E-state index contributed by atoms with van der Waals surface area (Å²) < 4.78 is 7.80. The molecule has 0 aromatic carbocycles. The van der Waals surface area contributed by atoms with Crippen LogP contribution in [0.2, 0.25) is 0 Å². The van der Waals surface area contributed by atoms with E-state index in [1.807, 2.05) is 19.1 Å². The summed E-state index contributed by atoms with van der Waals surface area (Å²) >= 11 is 5.99. The standard InChI is InChI=1S/C15H20ClN3O/c1-11-3-6-13-15(17-11)19(14(9-16)18-13)7-2-8-20-10-12-4-5-12/h3,6,12H,2,4-5,7-10H2,1H3. The Bertz CT molecular complexity index is 592. The Morgan fingerprint density at radius 1 is 1.35 bits per heavy atom. The number of pyridine rings is 1. The molecule has 0 radical (unpaired) electrons. The van der Waals surface area contributed by atoms with Crippen LogP contribution < -0.4 is 0 Å². The van der Waals surface area contributed by atoms with Crippen LogP contribution in [-0.2, 0) is 17.2 Å². The Morgan fingerprint density at radius 3 is 2.95 bits per heavy atom. The van der Waals surface area contributed by atoms with Gasteiger partial charge in [0.25, 0.3) is 0 Å². The van der Waals surface area contributed by atoms with E-state index in [4.69, 9.17) is 16.3 Å². The molecular weight excluding hydrogens is 274 g/mol. The monoisotopic (exact) mass is 293 g/mol. The van der Waals surface area contributed by atoms with E-state index in [2.05, 4.69) is 14.5 Å². The molecule has 0 saturated heterocycles. The Kier molecular flexibility index (Phi) is 4.22. The van der Waals surface area contributed by atoms with Gasteiger partial charge in [0.1, 0.15) is 11.3 Å². The molecule has 1 aliphatic rings. The Hall–Kier alpha value is -1.13. The molecule has 0 atom stereocenters. The molecule has 0 bridgehead atoms. The first-order valence-electron chi connectivity index (χ1n) is 7.24. The third-order valence-corrected chi connectivity index (χ3v) is 3.89. The number of rotatable bonds is 7. The van der Waals surface area contributed by atoms with Crippen molar-refractivity contribution in [2.24, 2.45) is 5.92 Å². The highest BCUT2D eigenvalue weighted by Crippen LogP contribution is 2.28. The molecule has 1 saturated carbocycles. The molecule has 0 N–H and O–H groups in total. The van der Waals surface area contributed by atoms with Crippen LogP contribution >= 0.6 is 11.6 Å². The van der Waals surface area contributed by atoms with Gasteiger partial charge in [-0.2, -0.15) is 0 Å². The fourth-order valence-corrected chi connectivity index (χ4v) is 2.54. The van der Waals surface area contributed by atoms with Gasteiger partial charge in [0, 0.05) is 25.5 Å². The van der Waals surface area contributed by atoms with Gasteiger partial charge in [0.15, 0.2) is 5.65 Å². The molecule has 4 nitrogen and oxygen atoms in total. The molecule has 1 fully saturated rings. The fraction of sp³-hybridized carbons (Fsp3) is 0.600. The summed E-state index contributed by atoms with van der Waals surface area (Å²) in [6, 6.07) is 3.99. The predicted molar refractivity (Wildman–Crippen MR) is 80.0 cm³/mol. The maximum atomic E-state index is 5.99. The number of fused-ring (bicyclic) bond motifs is 1. The molecule has 0 spiro atoms. The molecule has 108 valence electrons. The van der Waals surface area contributed by atoms with E-state index in [0.717, 1.165) is 54.8 Å². The van der Waals surface area contributed by atoms with Gasteiger partial charge in [-0.1, -0.05) is 0 Å². The van der Waals surface area contributed by atoms with Crippen molar-refractivity contribution in [1.82, 2.24) is 14.5 Å². The largest absolute Gasteiger partial charge is 0.381 e. The van der Waals surface area contributed by atoms with Gasteiger partial charge in [0.05, 0.1) is 5.88 Å². The molecule has 5 heteroatoms. The van der Waals surface area contributed by atoms with E-state index < -0.39 is 0 Å². The van der Waals surface area contributed by atoms with E-state index in [9.17, 15) is 0 Å². The van der Waals surface area contributed by atoms with Crippen molar-refractivity contribution in [2.45, 2.75) is 38.6 Å². The molecule has 2 heterocycles. The van der Waals surface area contributed by atoms with Crippen molar-refractivity contribution >= 4 is 22.8 Å². The molecule has 2 aromatic rings. The average molecular weight is 294 g/mol. The van der Waals surface area contributed by atoms with E-state index in [0.29, 0.717) is 5.88 Å². The fourth-order valence-electron chi connectivity index (χ4n) is 2.34. The lowest BCUT2D eigenvalue weighted by atomic mass is 10.3. The highest BCUT2D eigenvalue weighted by Gasteiger charge is 2.20. The molecule has 0 amide bonds. The number of halogens is 1. The zero-order chi connectivity index (χ0) is 13.9. The van der Waals surface area contributed by atoms with Gasteiger partial charge < -0.3 is 9.30 Å². The summed E-state index contributed by atoms with van der Waals surface area (Å²) in [5, 5.41) is 0. The number of hydrogen-bond donors (Lipinski definition) is 0. The van der Waals surface area contributed by atoms with Crippen molar-refractivity contribution < 1.29 is 4.74 Å². The quantitative estimate of drug-likeness (QED) is 0.581. The summed E-state index contributed by atoms with van der Waals surface area (Å²) in [7, 11) is 0. The second-order valence-electron chi connectivity index (χ2n) is 5.48. The third-order valence-electron chi connectivity index (χ3n) is 3.65. The van der Waals surface area contributed by atoms with Gasteiger partial charge in [-0.25, -0.2) is 9.97 Å². The van der Waals surface area contributed by atoms with E-state index in [1.54, 1.807) is 0 Å². The van der Waals surface area contributed by atoms with E-state index in [1.165, 1.54) is 12.8 Å². The van der Waals surface area contributed by atoms with E-state index >= 15 is 0 Å². The maximum Gasteiger partial charge on any atom is 0.160 e. The predicted octanol–water partition coefficient (Wildman–Crippen LogP) is 3.30. The number of aryl methyl sites for hydroxylation is 2. The summed E-state index contributed by atoms with van der Waals surface area (Å²) in [5.41, 5.74) is 2.86. The van der Waals surface area contributed by atoms with Crippen molar-refractivity contribution in [1.29, 1.82) is 0 Å². The molecule has 0 aliphatic heterocycles. The van der Waals surface area contributed by atoms with Gasteiger partial charge >= 0.3 is 0 Å². The van der Waals surface area contributed by atoms with Crippen LogP contribution in [0.1, 0.15) is 30.8 Å². The topological polar surface area (TPSA) is 39.9 Å². The Labute approximate surface area is 124 Å². The lowest BCUT2D eigenvalue weighted by Crippen LogP contribution is -2.07. The van der Waals surface area contributed by atoms with Crippen LogP contribution in [0.5, 0.6) is 0 Å². The molecule has 1 aliphatic carbocycles. The number of alkyl halides is 1. The smallest absolute Gasteiger partial charge is 0.160 e. The van der Waals surface area contributed by atoms with Crippen molar-refractivity contribution in [3.63, 3.8) is 0 Å². The first-order chi connectivity index (χ1) is 9.78. The zero-order valence-electron chi connectivity index (χ0n) is 11.8. The second kappa shape index (κ2) is 6.10. The molecule has 3 rings (SSSR count). The van der Waals surface area contributed by atoms with Crippen LogP contribution in [-0.4, -0.2) is 27.7 Å². The number of imidazole rings is 1. The van der Waals surface area contributed by atoms with Crippen LogP contribution in [0, 0.1) is 12.8 Å². The number of hydrogen-bond acceptors (Lipinski definition) is 3. The van der Waals surface area contributed by atoms with Crippen LogP contribution in [0.15, 0.2) is 12.1 Å². The lowest BCUT2D eigenvalue weighted by molar-refractivity contribution is 0.119. The lowest BCUT2D eigenvalue weighted by Gasteiger charge is -2.08. The van der Waals surface area contributed by atoms with E-state index in [-0.39, 0.29) is 0 Å². The number of ether oxygens (including phenoxy) is 1. The molecule has 20 heavy (non-hydrogen) atoms. The van der Waals surface area contributed by atoms with Gasteiger partial charge in [-0.3, -0.25) is 0 Å². The van der Waals surface area contributed by atoms with Gasteiger partial charge in [-0.05, 0) is 44.2 Å². The van der Waals surface area contributed by atoms with Crippen molar-refractivity contribution in [3.8, 4) is 0 Å². The average Bonchev–Trinajstić information content (AvgIpc) is 3.20. The normalized spacial score (nSPS) is 15.1. The Balaban J connectivity index is 1.66. The maximum absolute atomic E-state index is 5.99. The number of aromatic nitrogens is 3. The first-order valence-corrected chi connectivity index (χ1v) is 7.78. The first kappa shape index (κ1) is 13.8. The molecule has 0 unspecified atom stereocenters. The Morgan fingerprint density at radius 2 is 2.20 bits per heavy atom. The van der Waals surface area contributed by atoms with Gasteiger partial charge in [-0.15, -0.1) is 11.6 Å². The molecule has 2 aromatic heterocycles. The highest BCUT2D eigenvalue weighted by molar-refractivity contribution is 6.16. The highest BCUT2D eigenvalue weighted by atomic mass is 35.5. The minimum atomic E-state index is 0.415. The van der Waals surface area contributed by atoms with Crippen molar-refractivity contribution in [2.75, 3.05) is 13.2 Å². The second-order valence-corrected chi connectivity index (χ2v) is 5.75. The van der Waals surface area contributed by atoms with Gasteiger partial charge in [0.2, 0.25) is 0 Å². The number of nitrogens with zero attached hydrogens (tertiary/aromatic N) is 3. The molecular formula is C15H20ClN3O. The van der Waals surface area contributed by atoms with Crippen molar-refractivity contribution in [3.05, 3.63) is 23.7 Å².